The summed E-state index contributed by atoms with van der Waals surface area (Å²) in [7, 11) is -4.66. The van der Waals surface area contributed by atoms with Crippen molar-refractivity contribution >= 4 is 29.8 Å². The minimum absolute atomic E-state index is 0.0670. The molecule has 0 spiro atoms. The van der Waals surface area contributed by atoms with E-state index in [-0.39, 0.29) is 17.2 Å². The summed E-state index contributed by atoms with van der Waals surface area (Å²) in [4.78, 5) is 23.9. The Balaban J connectivity index is 2.28. The highest BCUT2D eigenvalue weighted by Gasteiger charge is 2.30. The number of hydrogen-bond acceptors (Lipinski definition) is 4. The molecule has 3 aromatic rings. The Hall–Kier alpha value is -2.15. The topological polar surface area (TPSA) is 115 Å². The average molecular weight is 437 g/mol. The van der Waals surface area contributed by atoms with Crippen LogP contribution in [0.25, 0.3) is 22.4 Å². The number of rotatable bonds is 8. The zero-order valence-electron chi connectivity index (χ0n) is 17.7. The van der Waals surface area contributed by atoms with Crippen LogP contribution in [-0.4, -0.2) is 19.3 Å². The van der Waals surface area contributed by atoms with E-state index in [1.54, 1.807) is 0 Å². The van der Waals surface area contributed by atoms with Crippen LogP contribution in [-0.2, 0) is 17.5 Å². The Morgan fingerprint density at radius 1 is 1.27 bits per heavy atom. The van der Waals surface area contributed by atoms with Crippen LogP contribution < -0.4 is 11.2 Å². The average Bonchev–Trinajstić information content (AvgIpc) is 3.23. The molecule has 7 nitrogen and oxygen atoms in total. The third kappa shape index (κ3) is 4.46. The van der Waals surface area contributed by atoms with Gasteiger partial charge in [0.05, 0.1) is 23.0 Å². The summed E-state index contributed by atoms with van der Waals surface area (Å²) in [5.74, 6) is 0.520. The lowest BCUT2D eigenvalue weighted by Gasteiger charge is -2.15. The van der Waals surface area contributed by atoms with Crippen molar-refractivity contribution in [2.45, 2.75) is 53.5 Å². The second kappa shape index (κ2) is 8.53. The SMILES string of the molecule is CC(C)CCCc1cc(F)c(N)c2nc(-c3ccoc3P(=O)(O)O)n(CC(C)C)c12. The van der Waals surface area contributed by atoms with E-state index in [4.69, 9.17) is 10.2 Å². The summed E-state index contributed by atoms with van der Waals surface area (Å²) in [6.45, 7) is 8.87. The predicted octanol–water partition coefficient (Wildman–Crippen LogP) is 4.46. The summed E-state index contributed by atoms with van der Waals surface area (Å²) in [6, 6.07) is 2.93. The highest BCUT2D eigenvalue weighted by atomic mass is 31.2. The number of benzene rings is 1. The van der Waals surface area contributed by atoms with E-state index < -0.39 is 18.9 Å². The molecule has 164 valence electrons. The molecule has 0 amide bonds. The lowest BCUT2D eigenvalue weighted by Crippen LogP contribution is -2.11. The van der Waals surface area contributed by atoms with Crippen LogP contribution in [0.15, 0.2) is 22.8 Å². The summed E-state index contributed by atoms with van der Waals surface area (Å²) in [5.41, 5.74) is 7.50. The van der Waals surface area contributed by atoms with Gasteiger partial charge in [-0.05, 0) is 42.4 Å². The Kier molecular flexibility index (Phi) is 6.41. The molecular weight excluding hydrogens is 408 g/mol. The van der Waals surface area contributed by atoms with Crippen molar-refractivity contribution in [3.8, 4) is 11.4 Å². The first-order valence-corrected chi connectivity index (χ1v) is 11.7. The van der Waals surface area contributed by atoms with Crippen LogP contribution in [0.1, 0.15) is 46.1 Å². The van der Waals surface area contributed by atoms with Gasteiger partial charge in [-0.2, -0.15) is 0 Å². The largest absolute Gasteiger partial charge is 0.456 e. The van der Waals surface area contributed by atoms with Gasteiger partial charge in [0.2, 0.25) is 5.50 Å². The van der Waals surface area contributed by atoms with Crippen molar-refractivity contribution in [3.63, 3.8) is 0 Å². The van der Waals surface area contributed by atoms with Gasteiger partial charge in [-0.15, -0.1) is 0 Å². The Morgan fingerprint density at radius 3 is 2.57 bits per heavy atom. The molecule has 0 aliphatic rings. The number of furan rings is 1. The number of halogens is 1. The molecule has 0 radical (unpaired) electrons. The number of fused-ring (bicyclic) bond motifs is 1. The molecule has 2 aromatic heterocycles. The second-order valence-electron chi connectivity index (χ2n) is 8.54. The fourth-order valence-corrected chi connectivity index (χ4v) is 4.40. The lowest BCUT2D eigenvalue weighted by atomic mass is 10.0. The summed E-state index contributed by atoms with van der Waals surface area (Å²) in [5, 5.41) is 0. The second-order valence-corrected chi connectivity index (χ2v) is 10.0. The van der Waals surface area contributed by atoms with Gasteiger partial charge in [0.1, 0.15) is 17.2 Å². The van der Waals surface area contributed by atoms with Crippen molar-refractivity contribution in [1.29, 1.82) is 0 Å². The van der Waals surface area contributed by atoms with E-state index in [1.807, 2.05) is 18.4 Å². The van der Waals surface area contributed by atoms with Crippen LogP contribution in [0.3, 0.4) is 0 Å². The molecule has 0 bridgehead atoms. The highest BCUT2D eigenvalue weighted by Crippen LogP contribution is 2.40. The molecule has 0 atom stereocenters. The van der Waals surface area contributed by atoms with Crippen LogP contribution in [0.4, 0.5) is 10.1 Å². The number of aryl methyl sites for hydroxylation is 1. The van der Waals surface area contributed by atoms with Gasteiger partial charge in [0, 0.05) is 6.54 Å². The molecule has 0 saturated heterocycles. The fraction of sp³-hybridized carbons (Fsp3) is 0.476. The standard InChI is InChI=1S/C21H29FN3O4P/c1-12(2)6-5-7-14-10-16(22)17(23)18-19(14)25(11-13(3)4)20(24-18)15-8-9-29-21(15)30(26,27)28/h8-10,12-13H,5-7,11,23H2,1-4H3,(H2,26,27,28). The molecule has 1 aromatic carbocycles. The van der Waals surface area contributed by atoms with Crippen LogP contribution in [0.2, 0.25) is 0 Å². The molecule has 4 N–H and O–H groups in total. The molecule has 0 fully saturated rings. The minimum Gasteiger partial charge on any atom is -0.456 e. The maximum atomic E-state index is 14.6. The van der Waals surface area contributed by atoms with E-state index >= 15 is 0 Å². The van der Waals surface area contributed by atoms with Gasteiger partial charge in [0.15, 0.2) is 0 Å². The zero-order valence-corrected chi connectivity index (χ0v) is 18.6. The molecule has 9 heteroatoms. The first kappa shape index (κ1) is 22.5. The van der Waals surface area contributed by atoms with Crippen molar-refractivity contribution in [2.24, 2.45) is 11.8 Å². The van der Waals surface area contributed by atoms with Crippen LogP contribution in [0.5, 0.6) is 0 Å². The quantitative estimate of drug-likeness (QED) is 0.354. The molecule has 0 aliphatic heterocycles. The summed E-state index contributed by atoms with van der Waals surface area (Å²) < 4.78 is 33.5. The molecule has 30 heavy (non-hydrogen) atoms. The normalized spacial score (nSPS) is 12.6. The number of nitrogens with zero attached hydrogens (tertiary/aromatic N) is 2. The van der Waals surface area contributed by atoms with Crippen LogP contribution >= 0.6 is 7.60 Å². The molecule has 0 unspecified atom stereocenters. The monoisotopic (exact) mass is 437 g/mol. The van der Waals surface area contributed by atoms with E-state index in [2.05, 4.69) is 18.8 Å². The van der Waals surface area contributed by atoms with Gasteiger partial charge in [-0.25, -0.2) is 9.37 Å². The van der Waals surface area contributed by atoms with E-state index in [9.17, 15) is 18.7 Å². The maximum Gasteiger partial charge on any atom is 0.391 e. The van der Waals surface area contributed by atoms with Crippen LogP contribution in [0, 0.1) is 17.7 Å². The molecule has 3 rings (SSSR count). The number of aromatic nitrogens is 2. The zero-order chi connectivity index (χ0) is 22.2. The predicted molar refractivity (Wildman–Crippen MR) is 116 cm³/mol. The van der Waals surface area contributed by atoms with Gasteiger partial charge in [0.25, 0.3) is 0 Å². The smallest absolute Gasteiger partial charge is 0.391 e. The molecule has 0 aliphatic carbocycles. The van der Waals surface area contributed by atoms with Crippen molar-refractivity contribution in [3.05, 3.63) is 29.8 Å². The van der Waals surface area contributed by atoms with Gasteiger partial charge < -0.3 is 24.5 Å². The van der Waals surface area contributed by atoms with E-state index in [0.29, 0.717) is 35.7 Å². The van der Waals surface area contributed by atoms with Gasteiger partial charge >= 0.3 is 7.60 Å². The first-order chi connectivity index (χ1) is 14.0. The Morgan fingerprint density at radius 2 is 1.97 bits per heavy atom. The molecule has 2 heterocycles. The number of hydrogen-bond donors (Lipinski definition) is 3. The Labute approximate surface area is 175 Å². The van der Waals surface area contributed by atoms with Gasteiger partial charge in [-0.1, -0.05) is 34.1 Å². The molecule has 0 saturated carbocycles. The third-order valence-corrected chi connectivity index (χ3v) is 5.89. The van der Waals surface area contributed by atoms with E-state index in [1.165, 1.54) is 18.4 Å². The highest BCUT2D eigenvalue weighted by molar-refractivity contribution is 7.60. The van der Waals surface area contributed by atoms with Gasteiger partial charge in [-0.3, -0.25) is 4.57 Å². The summed E-state index contributed by atoms with van der Waals surface area (Å²) in [6.07, 6.45) is 3.77. The summed E-state index contributed by atoms with van der Waals surface area (Å²) >= 11 is 0. The van der Waals surface area contributed by atoms with Crippen molar-refractivity contribution in [2.75, 3.05) is 5.73 Å². The third-order valence-electron chi connectivity index (χ3n) is 5.01. The first-order valence-electron chi connectivity index (χ1n) is 10.1. The number of nitrogen functional groups attached to an aromatic ring is 1. The Bertz CT molecular complexity index is 1100. The minimum atomic E-state index is -4.66. The number of nitrogens with two attached hydrogens (primary N) is 1. The van der Waals surface area contributed by atoms with Crippen molar-refractivity contribution in [1.82, 2.24) is 9.55 Å². The van der Waals surface area contributed by atoms with E-state index in [0.717, 1.165) is 18.4 Å². The molecular formula is C21H29FN3O4P. The maximum absolute atomic E-state index is 14.6. The lowest BCUT2D eigenvalue weighted by molar-refractivity contribution is 0.376. The number of imidazole rings is 1. The fourth-order valence-electron chi connectivity index (χ4n) is 3.72. The van der Waals surface area contributed by atoms with Crippen molar-refractivity contribution < 1.29 is 23.2 Å². The number of anilines is 1.